The zero-order valence-corrected chi connectivity index (χ0v) is 9.92. The maximum absolute atomic E-state index is 11.5. The van der Waals surface area contributed by atoms with Crippen LogP contribution in [0, 0.1) is 6.92 Å². The molecule has 0 aliphatic rings. The van der Waals surface area contributed by atoms with Crippen molar-refractivity contribution in [2.24, 2.45) is 0 Å². The number of hydrogen-bond acceptors (Lipinski definition) is 3. The minimum absolute atomic E-state index is 0.350. The van der Waals surface area contributed by atoms with Crippen LogP contribution in [-0.4, -0.2) is 13.1 Å². The Morgan fingerprint density at radius 1 is 1.40 bits per heavy atom. The Morgan fingerprint density at radius 2 is 2.13 bits per heavy atom. The molecule has 15 heavy (non-hydrogen) atoms. The summed E-state index contributed by atoms with van der Waals surface area (Å²) in [5, 5.41) is 0.763. The molecule has 3 nitrogen and oxygen atoms in total. The summed E-state index contributed by atoms with van der Waals surface area (Å²) in [6.45, 7) is 1.91. The number of halogens is 1. The number of furan rings is 1. The first-order chi connectivity index (χ1) is 7.11. The van der Waals surface area contributed by atoms with Crippen LogP contribution in [0.1, 0.15) is 15.9 Å². The zero-order valence-electron chi connectivity index (χ0n) is 8.33. The Bertz CT molecular complexity index is 528. The van der Waals surface area contributed by atoms with E-state index in [-0.39, 0.29) is 5.97 Å². The summed E-state index contributed by atoms with van der Waals surface area (Å²) in [7, 11) is 1.37. The predicted molar refractivity (Wildman–Crippen MR) is 60.0 cm³/mol. The lowest BCUT2D eigenvalue weighted by Crippen LogP contribution is -2.01. The highest BCUT2D eigenvalue weighted by Gasteiger charge is 2.14. The van der Waals surface area contributed by atoms with Gasteiger partial charge >= 0.3 is 5.97 Å². The monoisotopic (exact) mass is 268 g/mol. The van der Waals surface area contributed by atoms with Gasteiger partial charge in [0.15, 0.2) is 4.67 Å². The van der Waals surface area contributed by atoms with E-state index in [9.17, 15) is 4.79 Å². The number of methoxy groups -OCH3 is 1. The highest BCUT2D eigenvalue weighted by molar-refractivity contribution is 9.10. The second kappa shape index (κ2) is 3.70. The molecule has 0 atom stereocenters. The Balaban J connectivity index is 2.75. The minimum Gasteiger partial charge on any atom is -0.465 e. The highest BCUT2D eigenvalue weighted by Crippen LogP contribution is 2.28. The van der Waals surface area contributed by atoms with Crippen LogP contribution in [0.5, 0.6) is 0 Å². The minimum atomic E-state index is -0.350. The third-order valence-corrected chi connectivity index (χ3v) is 2.55. The molecule has 0 saturated heterocycles. The highest BCUT2D eigenvalue weighted by atomic mass is 79.9. The van der Waals surface area contributed by atoms with Gasteiger partial charge < -0.3 is 9.15 Å². The number of fused-ring (bicyclic) bond motifs is 1. The molecule has 0 aliphatic heterocycles. The molecular formula is C11H9BrO3. The quantitative estimate of drug-likeness (QED) is 0.746. The molecule has 2 rings (SSSR count). The topological polar surface area (TPSA) is 39.4 Å². The summed E-state index contributed by atoms with van der Waals surface area (Å²) in [6, 6.07) is 5.43. The lowest BCUT2D eigenvalue weighted by molar-refractivity contribution is 0.0603. The molecule has 0 N–H and O–H groups in total. The molecule has 0 saturated carbocycles. The fraction of sp³-hybridized carbons (Fsp3) is 0.182. The molecule has 0 fully saturated rings. The van der Waals surface area contributed by atoms with Gasteiger partial charge in [0.25, 0.3) is 0 Å². The van der Waals surface area contributed by atoms with E-state index in [4.69, 9.17) is 9.15 Å². The van der Waals surface area contributed by atoms with E-state index in [2.05, 4.69) is 15.9 Å². The van der Waals surface area contributed by atoms with Gasteiger partial charge in [-0.2, -0.15) is 0 Å². The first kappa shape index (κ1) is 10.2. The average molecular weight is 269 g/mol. The molecule has 78 valence electrons. The molecule has 0 unspecified atom stereocenters. The first-order valence-electron chi connectivity index (χ1n) is 4.40. The molecule has 0 radical (unpaired) electrons. The van der Waals surface area contributed by atoms with Crippen LogP contribution in [0.4, 0.5) is 0 Å². The van der Waals surface area contributed by atoms with Crippen LogP contribution < -0.4 is 0 Å². The van der Waals surface area contributed by atoms with Crippen LogP contribution in [-0.2, 0) is 4.74 Å². The van der Waals surface area contributed by atoms with E-state index in [0.717, 1.165) is 10.9 Å². The van der Waals surface area contributed by atoms with Crippen molar-refractivity contribution in [3.05, 3.63) is 34.0 Å². The molecule has 0 amide bonds. The number of esters is 1. The van der Waals surface area contributed by atoms with Crippen LogP contribution in [0.2, 0.25) is 0 Å². The van der Waals surface area contributed by atoms with Crippen LogP contribution >= 0.6 is 15.9 Å². The van der Waals surface area contributed by atoms with Gasteiger partial charge in [-0.1, -0.05) is 0 Å². The van der Waals surface area contributed by atoms with E-state index in [1.54, 1.807) is 12.1 Å². The summed E-state index contributed by atoms with van der Waals surface area (Å²) < 4.78 is 10.7. The maximum atomic E-state index is 11.5. The van der Waals surface area contributed by atoms with Gasteiger partial charge in [0.05, 0.1) is 12.7 Å². The van der Waals surface area contributed by atoms with Crippen molar-refractivity contribution in [2.45, 2.75) is 6.92 Å². The van der Waals surface area contributed by atoms with E-state index in [1.807, 2.05) is 13.0 Å². The molecule has 1 aromatic carbocycles. The van der Waals surface area contributed by atoms with Crippen LogP contribution in [0.25, 0.3) is 11.0 Å². The average Bonchev–Trinajstić information content (AvgIpc) is 2.55. The molecule has 1 heterocycles. The summed E-state index contributed by atoms with van der Waals surface area (Å²) in [5.41, 5.74) is 2.17. The first-order valence-corrected chi connectivity index (χ1v) is 5.19. The largest absolute Gasteiger partial charge is 0.465 e. The molecule has 0 spiro atoms. The van der Waals surface area contributed by atoms with Gasteiger partial charge in [-0.3, -0.25) is 0 Å². The Hall–Kier alpha value is -1.29. The summed E-state index contributed by atoms with van der Waals surface area (Å²) in [6.07, 6.45) is 0. The number of aryl methyl sites for hydroxylation is 1. The molecule has 0 aliphatic carbocycles. The van der Waals surface area contributed by atoms with E-state index >= 15 is 0 Å². The van der Waals surface area contributed by atoms with Crippen molar-refractivity contribution in [2.75, 3.05) is 7.11 Å². The van der Waals surface area contributed by atoms with Crippen molar-refractivity contribution < 1.29 is 13.9 Å². The predicted octanol–water partition coefficient (Wildman–Crippen LogP) is 3.29. The number of benzene rings is 1. The van der Waals surface area contributed by atoms with Crippen LogP contribution in [0.15, 0.2) is 27.3 Å². The van der Waals surface area contributed by atoms with Gasteiger partial charge in [-0.25, -0.2) is 4.79 Å². The van der Waals surface area contributed by atoms with Crippen molar-refractivity contribution in [3.8, 4) is 0 Å². The van der Waals surface area contributed by atoms with E-state index < -0.39 is 0 Å². The van der Waals surface area contributed by atoms with Gasteiger partial charge in [0.1, 0.15) is 5.58 Å². The van der Waals surface area contributed by atoms with Crippen molar-refractivity contribution >= 4 is 32.9 Å². The van der Waals surface area contributed by atoms with E-state index in [1.165, 1.54) is 7.11 Å². The Kier molecular flexibility index (Phi) is 2.52. The smallest absolute Gasteiger partial charge is 0.338 e. The lowest BCUT2D eigenvalue weighted by Gasteiger charge is -2.01. The Labute approximate surface area is 95.1 Å². The molecule has 0 bridgehead atoms. The number of rotatable bonds is 1. The van der Waals surface area contributed by atoms with Crippen molar-refractivity contribution in [1.82, 2.24) is 0 Å². The molecule has 4 heteroatoms. The molecular weight excluding hydrogens is 260 g/mol. The summed E-state index contributed by atoms with van der Waals surface area (Å²) >= 11 is 3.24. The molecule has 1 aromatic heterocycles. The van der Waals surface area contributed by atoms with Gasteiger partial charge in [0.2, 0.25) is 0 Å². The third kappa shape index (κ3) is 1.77. The van der Waals surface area contributed by atoms with Crippen molar-refractivity contribution in [3.63, 3.8) is 0 Å². The Morgan fingerprint density at radius 3 is 2.80 bits per heavy atom. The maximum Gasteiger partial charge on any atom is 0.338 e. The standard InChI is InChI=1S/C11H9BrO3/c1-6-3-8(11(13)14-2)7-5-10(12)15-9(7)4-6/h3-5H,1-2H3. The van der Waals surface area contributed by atoms with Gasteiger partial charge in [-0.05, 0) is 46.6 Å². The zero-order chi connectivity index (χ0) is 11.0. The molecule has 2 aromatic rings. The fourth-order valence-electron chi connectivity index (χ4n) is 1.52. The third-order valence-electron chi connectivity index (χ3n) is 2.16. The number of carbonyl (C=O) groups is 1. The van der Waals surface area contributed by atoms with Gasteiger partial charge in [0, 0.05) is 5.39 Å². The van der Waals surface area contributed by atoms with Gasteiger partial charge in [-0.15, -0.1) is 0 Å². The lowest BCUT2D eigenvalue weighted by atomic mass is 10.1. The fourth-order valence-corrected chi connectivity index (χ4v) is 1.93. The van der Waals surface area contributed by atoms with E-state index in [0.29, 0.717) is 15.8 Å². The summed E-state index contributed by atoms with van der Waals surface area (Å²) in [5.74, 6) is -0.350. The number of ether oxygens (including phenoxy) is 1. The van der Waals surface area contributed by atoms with Crippen LogP contribution in [0.3, 0.4) is 0 Å². The second-order valence-electron chi connectivity index (χ2n) is 3.27. The number of hydrogen-bond donors (Lipinski definition) is 0. The second-order valence-corrected chi connectivity index (χ2v) is 4.05. The SMILES string of the molecule is COC(=O)c1cc(C)cc2oc(Br)cc12. The summed E-state index contributed by atoms with van der Waals surface area (Å²) in [4.78, 5) is 11.5. The normalized spacial score (nSPS) is 10.6. The number of carbonyl (C=O) groups excluding carboxylic acids is 1. The van der Waals surface area contributed by atoms with Crippen molar-refractivity contribution in [1.29, 1.82) is 0 Å².